The van der Waals surface area contributed by atoms with Crippen molar-refractivity contribution in [3.63, 3.8) is 0 Å². The standard InChI is InChI=1S/C9H4N2O3/c12-8-4-1-2-5-6(3-4)11-7(10-5)9(13)14-8/h1-3H,(H,10,11). The molecule has 2 aromatic rings. The van der Waals surface area contributed by atoms with Crippen molar-refractivity contribution in [2.75, 3.05) is 0 Å². The van der Waals surface area contributed by atoms with Crippen LogP contribution < -0.4 is 0 Å². The van der Waals surface area contributed by atoms with E-state index in [1.807, 2.05) is 0 Å². The number of H-pyrrole nitrogens is 1. The average Bonchev–Trinajstić information content (AvgIpc) is 2.60. The Hall–Kier alpha value is -2.17. The minimum atomic E-state index is -0.739. The SMILES string of the molecule is O=C1OC(=O)c2nc3cc1ccc3[nH]2. The summed E-state index contributed by atoms with van der Waals surface area (Å²) in [6.45, 7) is 0. The highest BCUT2D eigenvalue weighted by Gasteiger charge is 2.22. The zero-order valence-electron chi connectivity index (χ0n) is 6.90. The first kappa shape index (κ1) is 7.25. The summed E-state index contributed by atoms with van der Waals surface area (Å²) < 4.78 is 4.53. The number of nitrogens with one attached hydrogen (secondary N) is 1. The second-order valence-electron chi connectivity index (χ2n) is 2.99. The van der Waals surface area contributed by atoms with Gasteiger partial charge in [-0.3, -0.25) is 0 Å². The van der Waals surface area contributed by atoms with Crippen LogP contribution in [0.5, 0.6) is 0 Å². The Kier molecular flexibility index (Phi) is 1.14. The summed E-state index contributed by atoms with van der Waals surface area (Å²) in [5.41, 5.74) is 1.65. The Bertz CT molecular complexity index is 558. The number of aromatic amines is 1. The van der Waals surface area contributed by atoms with Crippen LogP contribution in [0.15, 0.2) is 18.2 Å². The summed E-state index contributed by atoms with van der Waals surface area (Å²) in [6.07, 6.45) is 0. The fraction of sp³-hybridized carbons (Fsp3) is 0. The van der Waals surface area contributed by atoms with E-state index in [4.69, 9.17) is 0 Å². The number of hydrogen-bond acceptors (Lipinski definition) is 4. The smallest absolute Gasteiger partial charge is 0.382 e. The number of benzene rings is 1. The molecule has 0 aliphatic carbocycles. The molecule has 1 aliphatic rings. The summed E-state index contributed by atoms with van der Waals surface area (Å²) in [5.74, 6) is -1.32. The Morgan fingerprint density at radius 2 is 2.07 bits per heavy atom. The molecule has 3 bridgehead atoms. The first-order valence-electron chi connectivity index (χ1n) is 4.00. The monoisotopic (exact) mass is 188 g/mol. The highest BCUT2D eigenvalue weighted by Crippen LogP contribution is 2.18. The van der Waals surface area contributed by atoms with Crippen LogP contribution in [-0.2, 0) is 4.74 Å². The molecular weight excluding hydrogens is 184 g/mol. The lowest BCUT2D eigenvalue weighted by atomic mass is 10.2. The van der Waals surface area contributed by atoms with E-state index in [1.165, 1.54) is 0 Å². The number of aromatic nitrogens is 2. The van der Waals surface area contributed by atoms with Crippen molar-refractivity contribution < 1.29 is 14.3 Å². The van der Waals surface area contributed by atoms with E-state index in [2.05, 4.69) is 14.7 Å². The molecule has 0 unspecified atom stereocenters. The number of carbonyl (C=O) groups is 2. The lowest BCUT2D eigenvalue weighted by Crippen LogP contribution is -2.14. The third-order valence-corrected chi connectivity index (χ3v) is 2.10. The van der Waals surface area contributed by atoms with E-state index >= 15 is 0 Å². The highest BCUT2D eigenvalue weighted by atomic mass is 16.6. The molecular formula is C9H4N2O3. The lowest BCUT2D eigenvalue weighted by molar-refractivity contribution is 0.0389. The minimum Gasteiger partial charge on any atom is -0.383 e. The molecule has 1 aliphatic heterocycles. The Morgan fingerprint density at radius 1 is 1.21 bits per heavy atom. The van der Waals surface area contributed by atoms with Gasteiger partial charge in [-0.2, -0.15) is 0 Å². The van der Waals surface area contributed by atoms with Gasteiger partial charge in [0, 0.05) is 0 Å². The molecule has 0 radical (unpaired) electrons. The zero-order chi connectivity index (χ0) is 9.71. The first-order valence-corrected chi connectivity index (χ1v) is 4.00. The number of imidazole rings is 1. The van der Waals surface area contributed by atoms with Gasteiger partial charge >= 0.3 is 11.9 Å². The normalized spacial score (nSPS) is 14.6. The van der Waals surface area contributed by atoms with E-state index in [0.29, 0.717) is 11.1 Å². The van der Waals surface area contributed by atoms with Crippen LogP contribution in [0.3, 0.4) is 0 Å². The van der Waals surface area contributed by atoms with E-state index in [1.54, 1.807) is 18.2 Å². The van der Waals surface area contributed by atoms with Crippen LogP contribution in [0.25, 0.3) is 11.0 Å². The predicted octanol–water partition coefficient (Wildman–Crippen LogP) is 0.873. The van der Waals surface area contributed by atoms with Crippen molar-refractivity contribution in [2.24, 2.45) is 0 Å². The highest BCUT2D eigenvalue weighted by molar-refractivity contribution is 6.05. The van der Waals surface area contributed by atoms with Gasteiger partial charge in [-0.15, -0.1) is 0 Å². The maximum atomic E-state index is 11.3. The molecule has 5 heteroatoms. The maximum Gasteiger partial charge on any atom is 0.382 e. The van der Waals surface area contributed by atoms with E-state index in [-0.39, 0.29) is 5.82 Å². The number of esters is 2. The van der Waals surface area contributed by atoms with Gasteiger partial charge in [-0.25, -0.2) is 14.6 Å². The number of ether oxygens (including phenoxy) is 1. The summed E-state index contributed by atoms with van der Waals surface area (Å²) >= 11 is 0. The Labute approximate surface area is 77.7 Å². The number of hydrogen-bond donors (Lipinski definition) is 1. The molecule has 14 heavy (non-hydrogen) atoms. The number of rotatable bonds is 0. The quantitative estimate of drug-likeness (QED) is 0.492. The second-order valence-corrected chi connectivity index (χ2v) is 2.99. The van der Waals surface area contributed by atoms with E-state index in [9.17, 15) is 9.59 Å². The topological polar surface area (TPSA) is 72.1 Å². The molecule has 68 valence electrons. The maximum absolute atomic E-state index is 11.3. The number of cyclic esters (lactones) is 2. The molecule has 0 saturated carbocycles. The van der Waals surface area contributed by atoms with E-state index < -0.39 is 11.9 Å². The fourth-order valence-electron chi connectivity index (χ4n) is 1.42. The Balaban J connectivity index is 2.46. The third kappa shape index (κ3) is 0.806. The summed E-state index contributed by atoms with van der Waals surface area (Å²) in [7, 11) is 0. The van der Waals surface area contributed by atoms with Crippen LogP contribution in [0.2, 0.25) is 0 Å². The molecule has 2 heterocycles. The second kappa shape index (κ2) is 2.20. The molecule has 0 amide bonds. The fourth-order valence-corrected chi connectivity index (χ4v) is 1.42. The van der Waals surface area contributed by atoms with Crippen LogP contribution >= 0.6 is 0 Å². The van der Waals surface area contributed by atoms with Gasteiger partial charge in [0.15, 0.2) is 0 Å². The van der Waals surface area contributed by atoms with Crippen molar-refractivity contribution in [3.8, 4) is 0 Å². The Morgan fingerprint density at radius 3 is 2.93 bits per heavy atom. The molecule has 0 fully saturated rings. The molecule has 0 spiro atoms. The average molecular weight is 188 g/mol. The summed E-state index contributed by atoms with van der Waals surface area (Å²) in [4.78, 5) is 29.3. The molecule has 0 atom stereocenters. The van der Waals surface area contributed by atoms with Crippen molar-refractivity contribution in [2.45, 2.75) is 0 Å². The van der Waals surface area contributed by atoms with Crippen molar-refractivity contribution >= 4 is 23.0 Å². The van der Waals surface area contributed by atoms with Crippen molar-refractivity contribution in [1.29, 1.82) is 0 Å². The predicted molar refractivity (Wildman–Crippen MR) is 45.8 cm³/mol. The molecule has 1 aromatic heterocycles. The number of nitrogens with zero attached hydrogens (tertiary/aromatic N) is 1. The third-order valence-electron chi connectivity index (χ3n) is 2.10. The molecule has 0 saturated heterocycles. The van der Waals surface area contributed by atoms with Crippen LogP contribution in [0.1, 0.15) is 21.0 Å². The van der Waals surface area contributed by atoms with Gasteiger partial charge in [-0.1, -0.05) is 0 Å². The largest absolute Gasteiger partial charge is 0.383 e. The van der Waals surface area contributed by atoms with Crippen molar-refractivity contribution in [3.05, 3.63) is 29.6 Å². The first-order chi connectivity index (χ1) is 6.74. The zero-order valence-corrected chi connectivity index (χ0v) is 6.90. The van der Waals surface area contributed by atoms with Gasteiger partial charge in [0.05, 0.1) is 16.6 Å². The minimum absolute atomic E-state index is 0.0604. The van der Waals surface area contributed by atoms with Crippen LogP contribution in [-0.4, -0.2) is 21.9 Å². The lowest BCUT2D eigenvalue weighted by Gasteiger charge is -2.01. The van der Waals surface area contributed by atoms with Gasteiger partial charge in [0.1, 0.15) is 0 Å². The molecule has 1 aromatic carbocycles. The summed E-state index contributed by atoms with van der Waals surface area (Å²) in [6, 6.07) is 4.87. The molecule has 1 N–H and O–H groups in total. The summed E-state index contributed by atoms with van der Waals surface area (Å²) in [5, 5.41) is 0. The van der Waals surface area contributed by atoms with Crippen LogP contribution in [0.4, 0.5) is 0 Å². The van der Waals surface area contributed by atoms with Gasteiger partial charge < -0.3 is 9.72 Å². The van der Waals surface area contributed by atoms with Gasteiger partial charge in [-0.05, 0) is 18.2 Å². The van der Waals surface area contributed by atoms with E-state index in [0.717, 1.165) is 5.52 Å². The van der Waals surface area contributed by atoms with Gasteiger partial charge in [0.2, 0.25) is 5.82 Å². The van der Waals surface area contributed by atoms with Crippen molar-refractivity contribution in [1.82, 2.24) is 9.97 Å². The molecule has 3 rings (SSSR count). The van der Waals surface area contributed by atoms with Crippen LogP contribution in [0, 0.1) is 0 Å². The number of fused-ring (bicyclic) bond motifs is 2. The number of carbonyl (C=O) groups excluding carboxylic acids is 2. The van der Waals surface area contributed by atoms with Gasteiger partial charge in [0.25, 0.3) is 0 Å². The molecule has 5 nitrogen and oxygen atoms in total.